The summed E-state index contributed by atoms with van der Waals surface area (Å²) in [5, 5.41) is 12.5. The summed E-state index contributed by atoms with van der Waals surface area (Å²) < 4.78 is 0. The SMILES string of the molecule is CCC(C)(NC(=O)c1ccc(C)cc1O)C(N)=S. The molecule has 0 saturated heterocycles. The van der Waals surface area contributed by atoms with Crippen LogP contribution in [0.15, 0.2) is 18.2 Å². The number of nitrogens with one attached hydrogen (secondary N) is 1. The molecule has 0 saturated carbocycles. The zero-order valence-corrected chi connectivity index (χ0v) is 11.6. The van der Waals surface area contributed by atoms with Crippen molar-refractivity contribution in [3.63, 3.8) is 0 Å². The van der Waals surface area contributed by atoms with Crippen LogP contribution < -0.4 is 11.1 Å². The number of nitrogens with two attached hydrogens (primary N) is 1. The zero-order chi connectivity index (χ0) is 13.9. The number of carbonyl (C=O) groups excluding carboxylic acids is 1. The molecule has 0 radical (unpaired) electrons. The normalized spacial score (nSPS) is 13.7. The molecule has 1 amide bonds. The predicted molar refractivity (Wildman–Crippen MR) is 75.8 cm³/mol. The van der Waals surface area contributed by atoms with Crippen molar-refractivity contribution >= 4 is 23.1 Å². The Morgan fingerprint density at radius 2 is 2.17 bits per heavy atom. The van der Waals surface area contributed by atoms with Gasteiger partial charge in [0.1, 0.15) is 5.75 Å². The number of aromatic hydroxyl groups is 1. The Morgan fingerprint density at radius 1 is 1.56 bits per heavy atom. The number of hydrogen-bond donors (Lipinski definition) is 3. The first-order valence-electron chi connectivity index (χ1n) is 5.72. The lowest BCUT2D eigenvalue weighted by Crippen LogP contribution is -2.54. The van der Waals surface area contributed by atoms with Gasteiger partial charge in [0.15, 0.2) is 0 Å². The van der Waals surface area contributed by atoms with Crippen LogP contribution in [-0.2, 0) is 0 Å². The zero-order valence-electron chi connectivity index (χ0n) is 10.8. The highest BCUT2D eigenvalue weighted by Gasteiger charge is 2.28. The van der Waals surface area contributed by atoms with Crippen LogP contribution in [0.2, 0.25) is 0 Å². The van der Waals surface area contributed by atoms with E-state index in [4.69, 9.17) is 18.0 Å². The smallest absolute Gasteiger partial charge is 0.255 e. The molecule has 0 aromatic heterocycles. The third-order valence-corrected chi connectivity index (χ3v) is 3.49. The summed E-state index contributed by atoms with van der Waals surface area (Å²) in [6, 6.07) is 4.88. The van der Waals surface area contributed by atoms with E-state index in [1.807, 2.05) is 13.8 Å². The largest absolute Gasteiger partial charge is 0.507 e. The number of hydrogen-bond acceptors (Lipinski definition) is 3. The molecule has 0 spiro atoms. The van der Waals surface area contributed by atoms with Crippen LogP contribution >= 0.6 is 12.2 Å². The molecular formula is C13H18N2O2S. The molecule has 1 aromatic carbocycles. The van der Waals surface area contributed by atoms with E-state index < -0.39 is 5.54 Å². The second kappa shape index (κ2) is 5.35. The van der Waals surface area contributed by atoms with Crippen LogP contribution in [0.5, 0.6) is 5.75 Å². The first-order valence-corrected chi connectivity index (χ1v) is 6.13. The summed E-state index contributed by atoms with van der Waals surface area (Å²) in [4.78, 5) is 12.3. The minimum absolute atomic E-state index is 0.0473. The second-order valence-corrected chi connectivity index (χ2v) is 4.96. The van der Waals surface area contributed by atoms with E-state index >= 15 is 0 Å². The molecule has 4 N–H and O–H groups in total. The van der Waals surface area contributed by atoms with Crippen LogP contribution in [0.4, 0.5) is 0 Å². The van der Waals surface area contributed by atoms with Crippen molar-refractivity contribution < 1.29 is 9.90 Å². The first-order chi connectivity index (χ1) is 8.30. The molecule has 98 valence electrons. The molecule has 0 bridgehead atoms. The third-order valence-electron chi connectivity index (χ3n) is 3.04. The van der Waals surface area contributed by atoms with E-state index in [9.17, 15) is 9.90 Å². The quantitative estimate of drug-likeness (QED) is 0.727. The number of carbonyl (C=O) groups is 1. The highest BCUT2D eigenvalue weighted by atomic mass is 32.1. The summed E-state index contributed by atoms with van der Waals surface area (Å²) in [5.41, 5.74) is 5.98. The van der Waals surface area contributed by atoms with Crippen LogP contribution in [0, 0.1) is 6.92 Å². The molecule has 1 aromatic rings. The van der Waals surface area contributed by atoms with Crippen LogP contribution in [0.1, 0.15) is 36.2 Å². The van der Waals surface area contributed by atoms with Gasteiger partial charge in [-0.2, -0.15) is 0 Å². The second-order valence-electron chi connectivity index (χ2n) is 4.52. The molecule has 5 heteroatoms. The van der Waals surface area contributed by atoms with E-state index in [1.165, 1.54) is 0 Å². The Bertz CT molecular complexity index is 488. The highest BCUT2D eigenvalue weighted by Crippen LogP contribution is 2.20. The number of aryl methyl sites for hydroxylation is 1. The van der Waals surface area contributed by atoms with Gasteiger partial charge < -0.3 is 16.2 Å². The number of thiocarbonyl (C=S) groups is 1. The number of phenols is 1. The van der Waals surface area contributed by atoms with Gasteiger partial charge in [-0.25, -0.2) is 0 Å². The summed E-state index contributed by atoms with van der Waals surface area (Å²) in [7, 11) is 0. The number of phenolic OH excluding ortho intramolecular Hbond substituents is 1. The van der Waals surface area contributed by atoms with E-state index in [0.29, 0.717) is 6.42 Å². The summed E-state index contributed by atoms with van der Waals surface area (Å²) in [5.74, 6) is -0.432. The van der Waals surface area contributed by atoms with Crippen LogP contribution in [0.3, 0.4) is 0 Å². The van der Waals surface area contributed by atoms with Gasteiger partial charge in [0.25, 0.3) is 5.91 Å². The van der Waals surface area contributed by atoms with E-state index in [-0.39, 0.29) is 22.2 Å². The van der Waals surface area contributed by atoms with Crippen molar-refractivity contribution in [3.8, 4) is 5.75 Å². The van der Waals surface area contributed by atoms with Crippen molar-refractivity contribution in [1.29, 1.82) is 0 Å². The molecule has 0 aliphatic rings. The Hall–Kier alpha value is -1.62. The Balaban J connectivity index is 2.98. The standard InChI is InChI=1S/C13H18N2O2S/c1-4-13(3,12(14)18)15-11(17)9-6-5-8(2)7-10(9)16/h5-7,16H,4H2,1-3H3,(H2,14,18)(H,15,17). The molecule has 0 fully saturated rings. The van der Waals surface area contributed by atoms with Gasteiger partial charge in [0.05, 0.1) is 16.1 Å². The monoisotopic (exact) mass is 266 g/mol. The fourth-order valence-corrected chi connectivity index (χ4v) is 1.67. The molecule has 1 atom stereocenters. The minimum atomic E-state index is -0.746. The van der Waals surface area contributed by atoms with Gasteiger partial charge in [-0.15, -0.1) is 0 Å². The molecular weight excluding hydrogens is 248 g/mol. The average Bonchev–Trinajstić information content (AvgIpc) is 2.28. The maximum Gasteiger partial charge on any atom is 0.255 e. The fourth-order valence-electron chi connectivity index (χ4n) is 1.48. The maximum absolute atomic E-state index is 12.1. The van der Waals surface area contributed by atoms with Crippen molar-refractivity contribution in [1.82, 2.24) is 5.32 Å². The lowest BCUT2D eigenvalue weighted by atomic mass is 9.98. The minimum Gasteiger partial charge on any atom is -0.507 e. The lowest BCUT2D eigenvalue weighted by Gasteiger charge is -2.28. The van der Waals surface area contributed by atoms with Crippen molar-refractivity contribution in [2.24, 2.45) is 5.73 Å². The van der Waals surface area contributed by atoms with Crippen LogP contribution in [0.25, 0.3) is 0 Å². The Morgan fingerprint density at radius 3 is 2.61 bits per heavy atom. The van der Waals surface area contributed by atoms with Gasteiger partial charge in [0.2, 0.25) is 0 Å². The molecule has 4 nitrogen and oxygen atoms in total. The van der Waals surface area contributed by atoms with Crippen LogP contribution in [-0.4, -0.2) is 21.5 Å². The number of rotatable bonds is 4. The average molecular weight is 266 g/mol. The Labute approximate surface area is 112 Å². The number of benzene rings is 1. The predicted octanol–water partition coefficient (Wildman–Crippen LogP) is 1.89. The van der Waals surface area contributed by atoms with E-state index in [2.05, 4.69) is 5.32 Å². The molecule has 18 heavy (non-hydrogen) atoms. The van der Waals surface area contributed by atoms with Crippen molar-refractivity contribution in [3.05, 3.63) is 29.3 Å². The van der Waals surface area contributed by atoms with E-state index in [0.717, 1.165) is 5.56 Å². The van der Waals surface area contributed by atoms with Crippen molar-refractivity contribution in [2.75, 3.05) is 0 Å². The molecule has 1 rings (SSSR count). The molecule has 1 unspecified atom stereocenters. The van der Waals surface area contributed by atoms with Crippen molar-refractivity contribution in [2.45, 2.75) is 32.7 Å². The molecule has 0 heterocycles. The highest BCUT2D eigenvalue weighted by molar-refractivity contribution is 7.80. The Kier molecular flexibility index (Phi) is 4.29. The third kappa shape index (κ3) is 2.98. The van der Waals surface area contributed by atoms with E-state index in [1.54, 1.807) is 25.1 Å². The van der Waals surface area contributed by atoms with Gasteiger partial charge >= 0.3 is 0 Å². The summed E-state index contributed by atoms with van der Waals surface area (Å²) >= 11 is 4.95. The summed E-state index contributed by atoms with van der Waals surface area (Å²) in [6.45, 7) is 5.49. The van der Waals surface area contributed by atoms with Gasteiger partial charge in [-0.05, 0) is 38.0 Å². The lowest BCUT2D eigenvalue weighted by molar-refractivity contribution is 0.0924. The maximum atomic E-state index is 12.1. The topological polar surface area (TPSA) is 75.3 Å². The molecule has 0 aliphatic carbocycles. The van der Waals surface area contributed by atoms with Gasteiger partial charge in [-0.1, -0.05) is 25.2 Å². The summed E-state index contributed by atoms with van der Waals surface area (Å²) in [6.07, 6.45) is 0.584. The van der Waals surface area contributed by atoms with Gasteiger partial charge in [-0.3, -0.25) is 4.79 Å². The fraction of sp³-hybridized carbons (Fsp3) is 0.385. The molecule has 0 aliphatic heterocycles. The van der Waals surface area contributed by atoms with Gasteiger partial charge in [0, 0.05) is 0 Å². The first kappa shape index (κ1) is 14.4. The number of amides is 1.